The summed E-state index contributed by atoms with van der Waals surface area (Å²) in [6.07, 6.45) is 0. The van der Waals surface area contributed by atoms with Crippen LogP contribution < -0.4 is 5.32 Å². The lowest BCUT2D eigenvalue weighted by molar-refractivity contribution is -0.0376. The molecule has 0 saturated heterocycles. The van der Waals surface area contributed by atoms with Crippen LogP contribution >= 0.6 is 0 Å². The van der Waals surface area contributed by atoms with Gasteiger partial charge < -0.3 is 10.1 Å². The number of aryl methyl sites for hydroxylation is 2. The molecule has 0 fully saturated rings. The van der Waals surface area contributed by atoms with Crippen molar-refractivity contribution in [3.63, 3.8) is 0 Å². The Bertz CT molecular complexity index is 371. The Morgan fingerprint density at radius 1 is 1.29 bits per heavy atom. The van der Waals surface area contributed by atoms with Gasteiger partial charge in [0.05, 0.1) is 11.6 Å². The molecule has 0 heterocycles. The smallest absolute Gasteiger partial charge is 0.0820 e. The van der Waals surface area contributed by atoms with E-state index in [4.69, 9.17) is 4.74 Å². The molecule has 96 valence electrons. The zero-order chi connectivity index (χ0) is 13.1. The fraction of sp³-hybridized carbons (Fsp3) is 0.600. The highest BCUT2D eigenvalue weighted by Crippen LogP contribution is 2.30. The molecule has 0 aliphatic carbocycles. The van der Waals surface area contributed by atoms with Gasteiger partial charge in [-0.3, -0.25) is 0 Å². The highest BCUT2D eigenvalue weighted by Gasteiger charge is 2.30. The molecule has 2 heteroatoms. The largest absolute Gasteiger partial charge is 0.374 e. The van der Waals surface area contributed by atoms with Crippen LogP contribution in [0.25, 0.3) is 0 Å². The Morgan fingerprint density at radius 3 is 2.41 bits per heavy atom. The number of hydrogen-bond donors (Lipinski definition) is 1. The van der Waals surface area contributed by atoms with Crippen molar-refractivity contribution in [3.05, 3.63) is 34.9 Å². The molecule has 0 radical (unpaired) electrons. The molecule has 2 nitrogen and oxygen atoms in total. The molecule has 0 saturated carbocycles. The second-order valence-corrected chi connectivity index (χ2v) is 5.12. The van der Waals surface area contributed by atoms with Gasteiger partial charge in [-0.15, -0.1) is 0 Å². The van der Waals surface area contributed by atoms with Crippen molar-refractivity contribution in [2.75, 3.05) is 13.7 Å². The molecule has 1 unspecified atom stereocenters. The summed E-state index contributed by atoms with van der Waals surface area (Å²) in [5, 5.41) is 3.38. The van der Waals surface area contributed by atoms with Crippen LogP contribution in [0.2, 0.25) is 0 Å². The SMILES string of the molecule is CCOC(C)(C)C(NC)c1ccc(C)cc1C. The van der Waals surface area contributed by atoms with Gasteiger partial charge >= 0.3 is 0 Å². The van der Waals surface area contributed by atoms with Crippen molar-refractivity contribution < 1.29 is 4.74 Å². The van der Waals surface area contributed by atoms with E-state index in [2.05, 4.69) is 51.2 Å². The predicted octanol–water partition coefficient (Wildman–Crippen LogP) is 3.38. The molecule has 1 atom stereocenters. The summed E-state index contributed by atoms with van der Waals surface area (Å²) < 4.78 is 5.86. The third kappa shape index (κ3) is 3.30. The van der Waals surface area contributed by atoms with Crippen molar-refractivity contribution in [2.24, 2.45) is 0 Å². The molecule has 0 spiro atoms. The van der Waals surface area contributed by atoms with Gasteiger partial charge in [0.1, 0.15) is 0 Å². The van der Waals surface area contributed by atoms with Crippen molar-refractivity contribution in [2.45, 2.75) is 46.3 Å². The van der Waals surface area contributed by atoms with Gasteiger partial charge in [0.2, 0.25) is 0 Å². The quantitative estimate of drug-likeness (QED) is 0.844. The minimum atomic E-state index is -0.205. The Morgan fingerprint density at radius 2 is 1.94 bits per heavy atom. The van der Waals surface area contributed by atoms with Gasteiger partial charge in [0, 0.05) is 6.61 Å². The van der Waals surface area contributed by atoms with E-state index in [0.29, 0.717) is 0 Å². The molecule has 0 aliphatic heterocycles. The molecule has 1 N–H and O–H groups in total. The van der Waals surface area contributed by atoms with Crippen LogP contribution in [0.5, 0.6) is 0 Å². The van der Waals surface area contributed by atoms with E-state index in [-0.39, 0.29) is 11.6 Å². The third-order valence-electron chi connectivity index (χ3n) is 3.24. The minimum absolute atomic E-state index is 0.205. The Balaban J connectivity index is 3.09. The average molecular weight is 235 g/mol. The van der Waals surface area contributed by atoms with Crippen LogP contribution in [0, 0.1) is 13.8 Å². The molecule has 0 bridgehead atoms. The van der Waals surface area contributed by atoms with Crippen molar-refractivity contribution in [1.82, 2.24) is 5.32 Å². The maximum Gasteiger partial charge on any atom is 0.0820 e. The van der Waals surface area contributed by atoms with Crippen LogP contribution in [0.3, 0.4) is 0 Å². The lowest BCUT2D eigenvalue weighted by atomic mass is 9.88. The normalized spacial score (nSPS) is 13.8. The van der Waals surface area contributed by atoms with Crippen molar-refractivity contribution in [1.29, 1.82) is 0 Å². The predicted molar refractivity (Wildman–Crippen MR) is 73.4 cm³/mol. The fourth-order valence-electron chi connectivity index (χ4n) is 2.48. The van der Waals surface area contributed by atoms with Crippen molar-refractivity contribution in [3.8, 4) is 0 Å². The number of hydrogen-bond acceptors (Lipinski definition) is 2. The highest BCUT2D eigenvalue weighted by atomic mass is 16.5. The molecule has 1 rings (SSSR count). The van der Waals surface area contributed by atoms with Gasteiger partial charge in [0.25, 0.3) is 0 Å². The Kier molecular flexibility index (Phi) is 4.72. The third-order valence-corrected chi connectivity index (χ3v) is 3.24. The number of likely N-dealkylation sites (N-methyl/N-ethyl adjacent to an activating group) is 1. The van der Waals surface area contributed by atoms with Crippen LogP contribution in [-0.2, 0) is 4.74 Å². The van der Waals surface area contributed by atoms with Gasteiger partial charge in [-0.1, -0.05) is 23.8 Å². The second-order valence-electron chi connectivity index (χ2n) is 5.12. The van der Waals surface area contributed by atoms with Gasteiger partial charge in [-0.2, -0.15) is 0 Å². The van der Waals surface area contributed by atoms with Crippen molar-refractivity contribution >= 4 is 0 Å². The number of rotatable bonds is 5. The maximum atomic E-state index is 5.86. The summed E-state index contributed by atoms with van der Waals surface area (Å²) in [5.41, 5.74) is 3.73. The van der Waals surface area contributed by atoms with Crippen LogP contribution in [0.1, 0.15) is 43.5 Å². The first-order valence-corrected chi connectivity index (χ1v) is 6.30. The first-order valence-electron chi connectivity index (χ1n) is 6.30. The minimum Gasteiger partial charge on any atom is -0.374 e. The van der Waals surface area contributed by atoms with Crippen LogP contribution in [0.4, 0.5) is 0 Å². The van der Waals surface area contributed by atoms with Gasteiger partial charge in [0.15, 0.2) is 0 Å². The molecular formula is C15H25NO. The zero-order valence-corrected chi connectivity index (χ0v) is 11.9. The van der Waals surface area contributed by atoms with Gasteiger partial charge in [-0.05, 0) is 52.8 Å². The van der Waals surface area contributed by atoms with E-state index in [0.717, 1.165) is 6.61 Å². The zero-order valence-electron chi connectivity index (χ0n) is 11.9. The number of ether oxygens (including phenoxy) is 1. The maximum absolute atomic E-state index is 5.86. The Labute approximate surface area is 105 Å². The summed E-state index contributed by atoms with van der Waals surface area (Å²) in [4.78, 5) is 0. The van der Waals surface area contributed by atoms with E-state index in [1.165, 1.54) is 16.7 Å². The van der Waals surface area contributed by atoms with Crippen LogP contribution in [-0.4, -0.2) is 19.3 Å². The number of nitrogens with one attached hydrogen (secondary N) is 1. The lowest BCUT2D eigenvalue weighted by Gasteiger charge is -2.35. The van der Waals surface area contributed by atoms with E-state index in [1.807, 2.05) is 14.0 Å². The molecule has 1 aromatic carbocycles. The molecule has 0 aliphatic rings. The van der Waals surface area contributed by atoms with E-state index in [9.17, 15) is 0 Å². The van der Waals surface area contributed by atoms with E-state index < -0.39 is 0 Å². The molecule has 17 heavy (non-hydrogen) atoms. The Hall–Kier alpha value is -0.860. The topological polar surface area (TPSA) is 21.3 Å². The van der Waals surface area contributed by atoms with E-state index in [1.54, 1.807) is 0 Å². The summed E-state index contributed by atoms with van der Waals surface area (Å²) in [5.74, 6) is 0. The monoisotopic (exact) mass is 235 g/mol. The first-order chi connectivity index (χ1) is 7.92. The van der Waals surface area contributed by atoms with E-state index >= 15 is 0 Å². The second kappa shape index (κ2) is 5.65. The fourth-order valence-corrected chi connectivity index (χ4v) is 2.48. The molecular weight excluding hydrogens is 210 g/mol. The lowest BCUT2D eigenvalue weighted by Crippen LogP contribution is -2.40. The molecule has 0 aromatic heterocycles. The average Bonchev–Trinajstić information content (AvgIpc) is 2.21. The summed E-state index contributed by atoms with van der Waals surface area (Å²) >= 11 is 0. The first kappa shape index (κ1) is 14.2. The highest BCUT2D eigenvalue weighted by molar-refractivity contribution is 5.34. The summed E-state index contributed by atoms with van der Waals surface area (Å²) in [7, 11) is 1.99. The summed E-state index contributed by atoms with van der Waals surface area (Å²) in [6.45, 7) is 11.3. The molecule has 1 aromatic rings. The molecule has 0 amide bonds. The summed E-state index contributed by atoms with van der Waals surface area (Å²) in [6, 6.07) is 6.80. The van der Waals surface area contributed by atoms with Gasteiger partial charge in [-0.25, -0.2) is 0 Å². The standard InChI is InChI=1S/C15H25NO/c1-7-17-15(4,5)14(16-6)13-9-8-11(2)10-12(13)3/h8-10,14,16H,7H2,1-6H3. The number of benzene rings is 1. The van der Waals surface area contributed by atoms with Crippen LogP contribution in [0.15, 0.2) is 18.2 Å².